The van der Waals surface area contributed by atoms with E-state index in [4.69, 9.17) is 10.4 Å². The van der Waals surface area contributed by atoms with E-state index in [1.165, 1.54) is 18.2 Å². The maximum Gasteiger partial charge on any atom is 0.123 e. The molecule has 1 aromatic rings. The van der Waals surface area contributed by atoms with Crippen LogP contribution in [0.4, 0.5) is 4.39 Å². The molecule has 4 heteroatoms. The summed E-state index contributed by atoms with van der Waals surface area (Å²) in [6.07, 6.45) is 1.91. The molecule has 1 rings (SSSR count). The molecule has 0 aliphatic heterocycles. The first-order valence-corrected chi connectivity index (χ1v) is 6.17. The second kappa shape index (κ2) is 7.80. The maximum atomic E-state index is 13.0. The molecule has 0 bridgehead atoms. The van der Waals surface area contributed by atoms with E-state index in [1.807, 2.05) is 6.92 Å². The fraction of sp³-hybridized carbons (Fsp3) is 0.500. The van der Waals surface area contributed by atoms with Crippen molar-refractivity contribution < 1.29 is 9.50 Å². The van der Waals surface area contributed by atoms with Gasteiger partial charge in [-0.1, -0.05) is 6.92 Å². The van der Waals surface area contributed by atoms with E-state index in [0.717, 1.165) is 19.4 Å². The van der Waals surface area contributed by atoms with E-state index >= 15 is 0 Å². The van der Waals surface area contributed by atoms with E-state index in [9.17, 15) is 4.39 Å². The van der Waals surface area contributed by atoms with Gasteiger partial charge < -0.3 is 10.4 Å². The van der Waals surface area contributed by atoms with Gasteiger partial charge in [0.2, 0.25) is 0 Å². The van der Waals surface area contributed by atoms with Crippen LogP contribution in [-0.4, -0.2) is 18.3 Å². The van der Waals surface area contributed by atoms with Gasteiger partial charge in [0.05, 0.1) is 11.6 Å². The highest BCUT2D eigenvalue weighted by atomic mass is 19.1. The number of nitrogens with one attached hydrogen (secondary N) is 1. The van der Waals surface area contributed by atoms with Crippen LogP contribution in [0.3, 0.4) is 0 Å². The molecular formula is C14H19FN2O. The van der Waals surface area contributed by atoms with Crippen molar-refractivity contribution in [3.05, 3.63) is 35.1 Å². The summed E-state index contributed by atoms with van der Waals surface area (Å²) in [6.45, 7) is 3.50. The molecule has 0 spiro atoms. The zero-order valence-electron chi connectivity index (χ0n) is 10.6. The quantitative estimate of drug-likeness (QED) is 0.729. The van der Waals surface area contributed by atoms with Crippen molar-refractivity contribution in [1.29, 1.82) is 5.26 Å². The van der Waals surface area contributed by atoms with Crippen LogP contribution in [0.1, 0.15) is 30.9 Å². The van der Waals surface area contributed by atoms with Crippen LogP contribution >= 0.6 is 0 Å². The van der Waals surface area contributed by atoms with Crippen molar-refractivity contribution in [2.24, 2.45) is 5.92 Å². The summed E-state index contributed by atoms with van der Waals surface area (Å²) in [5.74, 6) is -0.00431. The summed E-state index contributed by atoms with van der Waals surface area (Å²) in [6, 6.07) is 6.24. The Morgan fingerprint density at radius 2 is 2.28 bits per heavy atom. The summed E-state index contributed by atoms with van der Waals surface area (Å²) in [7, 11) is 0. The molecule has 1 unspecified atom stereocenters. The minimum Gasteiger partial charge on any atom is -0.396 e. The number of rotatable bonds is 7. The molecule has 0 saturated carbocycles. The summed E-state index contributed by atoms with van der Waals surface area (Å²) in [4.78, 5) is 0. The summed E-state index contributed by atoms with van der Waals surface area (Å²) < 4.78 is 13.0. The largest absolute Gasteiger partial charge is 0.396 e. The zero-order valence-corrected chi connectivity index (χ0v) is 10.6. The van der Waals surface area contributed by atoms with Gasteiger partial charge in [-0.15, -0.1) is 0 Å². The van der Waals surface area contributed by atoms with Crippen molar-refractivity contribution in [3.63, 3.8) is 0 Å². The molecule has 0 aliphatic rings. The van der Waals surface area contributed by atoms with Gasteiger partial charge in [-0.3, -0.25) is 0 Å². The average molecular weight is 250 g/mol. The highest BCUT2D eigenvalue weighted by Gasteiger charge is 2.03. The minimum absolute atomic E-state index is 0.211. The Bertz CT molecular complexity index is 415. The Morgan fingerprint density at radius 1 is 1.50 bits per heavy atom. The van der Waals surface area contributed by atoms with Crippen LogP contribution in [0.2, 0.25) is 0 Å². The fourth-order valence-electron chi connectivity index (χ4n) is 1.71. The van der Waals surface area contributed by atoms with Crippen molar-refractivity contribution in [2.75, 3.05) is 13.2 Å². The Hall–Kier alpha value is -1.44. The van der Waals surface area contributed by atoms with Gasteiger partial charge in [-0.2, -0.15) is 5.26 Å². The van der Waals surface area contributed by atoms with Crippen LogP contribution in [0.15, 0.2) is 18.2 Å². The number of halogens is 1. The molecule has 0 aromatic heterocycles. The first kappa shape index (κ1) is 14.6. The number of aliphatic hydroxyl groups excluding tert-OH is 1. The number of nitriles is 1. The first-order valence-electron chi connectivity index (χ1n) is 6.17. The van der Waals surface area contributed by atoms with Crippen molar-refractivity contribution >= 4 is 0 Å². The lowest BCUT2D eigenvalue weighted by molar-refractivity contribution is 0.228. The van der Waals surface area contributed by atoms with Gasteiger partial charge >= 0.3 is 0 Å². The molecule has 1 aromatic carbocycles. The fourth-order valence-corrected chi connectivity index (χ4v) is 1.71. The summed E-state index contributed by atoms with van der Waals surface area (Å²) >= 11 is 0. The van der Waals surface area contributed by atoms with Gasteiger partial charge in [0, 0.05) is 13.2 Å². The van der Waals surface area contributed by atoms with E-state index in [-0.39, 0.29) is 12.4 Å². The van der Waals surface area contributed by atoms with E-state index in [1.54, 1.807) is 0 Å². The lowest BCUT2D eigenvalue weighted by Crippen LogP contribution is -2.16. The first-order chi connectivity index (χ1) is 8.67. The van der Waals surface area contributed by atoms with E-state index in [0.29, 0.717) is 23.6 Å². The van der Waals surface area contributed by atoms with Gasteiger partial charge in [0.1, 0.15) is 5.82 Å². The molecular weight excluding hydrogens is 231 g/mol. The van der Waals surface area contributed by atoms with Crippen LogP contribution in [0.25, 0.3) is 0 Å². The minimum atomic E-state index is -0.320. The van der Waals surface area contributed by atoms with Crippen molar-refractivity contribution in [3.8, 4) is 6.07 Å². The van der Waals surface area contributed by atoms with Crippen molar-refractivity contribution in [1.82, 2.24) is 5.32 Å². The topological polar surface area (TPSA) is 56.0 Å². The molecule has 18 heavy (non-hydrogen) atoms. The Kier molecular flexibility index (Phi) is 6.34. The predicted octanol–water partition coefficient (Wildman–Crippen LogP) is 2.20. The molecule has 0 heterocycles. The van der Waals surface area contributed by atoms with Gasteiger partial charge in [0.25, 0.3) is 0 Å². The molecule has 3 nitrogen and oxygen atoms in total. The third-order valence-corrected chi connectivity index (χ3v) is 2.87. The molecule has 0 amide bonds. The standard InChI is InChI=1S/C14H19FN2O/c1-11(10-18)3-2-6-17-9-13-7-14(15)5-4-12(13)8-16/h4-5,7,11,17-18H,2-3,6,9-10H2,1H3. The second-order valence-corrected chi connectivity index (χ2v) is 4.52. The van der Waals surface area contributed by atoms with E-state index < -0.39 is 0 Å². The molecule has 0 fully saturated rings. The SMILES string of the molecule is CC(CO)CCCNCc1cc(F)ccc1C#N. The van der Waals surface area contributed by atoms with Crippen LogP contribution in [-0.2, 0) is 6.54 Å². The van der Waals surface area contributed by atoms with Gasteiger partial charge in [-0.25, -0.2) is 4.39 Å². The predicted molar refractivity (Wildman–Crippen MR) is 68.3 cm³/mol. The second-order valence-electron chi connectivity index (χ2n) is 4.52. The molecule has 0 saturated heterocycles. The Morgan fingerprint density at radius 3 is 2.94 bits per heavy atom. The smallest absolute Gasteiger partial charge is 0.123 e. The number of hydrogen-bond donors (Lipinski definition) is 2. The van der Waals surface area contributed by atoms with Crippen LogP contribution in [0, 0.1) is 23.1 Å². The normalized spacial score (nSPS) is 12.1. The molecule has 1 atom stereocenters. The molecule has 0 radical (unpaired) electrons. The Balaban J connectivity index is 2.35. The van der Waals surface area contributed by atoms with E-state index in [2.05, 4.69) is 11.4 Å². The highest BCUT2D eigenvalue weighted by molar-refractivity contribution is 5.37. The van der Waals surface area contributed by atoms with Crippen LogP contribution < -0.4 is 5.32 Å². The molecule has 98 valence electrons. The molecule has 2 N–H and O–H groups in total. The van der Waals surface area contributed by atoms with Crippen LogP contribution in [0.5, 0.6) is 0 Å². The molecule has 0 aliphatic carbocycles. The lowest BCUT2D eigenvalue weighted by atomic mass is 10.1. The third-order valence-electron chi connectivity index (χ3n) is 2.87. The number of hydrogen-bond acceptors (Lipinski definition) is 3. The highest BCUT2D eigenvalue weighted by Crippen LogP contribution is 2.10. The summed E-state index contributed by atoms with van der Waals surface area (Å²) in [5.41, 5.74) is 1.19. The Labute approximate surface area is 107 Å². The summed E-state index contributed by atoms with van der Waals surface area (Å²) in [5, 5.41) is 20.9. The average Bonchev–Trinajstić information content (AvgIpc) is 2.38. The number of aliphatic hydroxyl groups is 1. The van der Waals surface area contributed by atoms with Gasteiger partial charge in [-0.05, 0) is 49.1 Å². The third kappa shape index (κ3) is 4.82. The van der Waals surface area contributed by atoms with Gasteiger partial charge in [0.15, 0.2) is 0 Å². The van der Waals surface area contributed by atoms with Crippen molar-refractivity contribution in [2.45, 2.75) is 26.3 Å². The number of nitrogens with zero attached hydrogens (tertiary/aromatic N) is 1. The lowest BCUT2D eigenvalue weighted by Gasteiger charge is -2.09. The maximum absolute atomic E-state index is 13.0. The number of benzene rings is 1. The monoisotopic (exact) mass is 250 g/mol. The zero-order chi connectivity index (χ0) is 13.4.